The fraction of sp³-hybridized carbons (Fsp3) is 0.100. The van der Waals surface area contributed by atoms with Gasteiger partial charge in [-0.25, -0.2) is 10.9 Å². The normalized spacial score (nSPS) is 23.7. The van der Waals surface area contributed by atoms with Crippen molar-refractivity contribution < 1.29 is 0 Å². The molecule has 0 bridgehead atoms. The van der Waals surface area contributed by atoms with Crippen LogP contribution in [0.3, 0.4) is 0 Å². The van der Waals surface area contributed by atoms with Crippen molar-refractivity contribution in [2.45, 2.75) is 11.6 Å². The summed E-state index contributed by atoms with van der Waals surface area (Å²) in [7, 11) is -0.442. The third-order valence-corrected chi connectivity index (χ3v) is 7.06. The summed E-state index contributed by atoms with van der Waals surface area (Å²) in [5.74, 6) is 0.637. The molecule has 0 radical (unpaired) electrons. The number of hydrazine groups is 1. The summed E-state index contributed by atoms with van der Waals surface area (Å²) in [5.41, 5.74) is 9.78. The number of hydrogen-bond acceptors (Lipinski definition) is 2. The molecule has 2 nitrogen and oxygen atoms in total. The first-order valence-corrected chi connectivity index (χ1v) is 9.36. The Morgan fingerprint density at radius 2 is 0.913 bits per heavy atom. The Morgan fingerprint density at radius 3 is 1.35 bits per heavy atom. The fourth-order valence-corrected chi connectivity index (χ4v) is 5.93. The highest BCUT2D eigenvalue weighted by molar-refractivity contribution is 7.66. The van der Waals surface area contributed by atoms with Crippen molar-refractivity contribution in [1.29, 1.82) is 0 Å². The first-order valence-electron chi connectivity index (χ1n) is 7.88. The molecule has 1 aliphatic rings. The molecule has 3 atom stereocenters. The Labute approximate surface area is 138 Å². The second-order valence-corrected chi connectivity index (χ2v) is 8.02. The van der Waals surface area contributed by atoms with Gasteiger partial charge in [-0.05, 0) is 24.4 Å². The maximum Gasteiger partial charge on any atom is 0.0717 e. The summed E-state index contributed by atoms with van der Waals surface area (Å²) in [6.07, 6.45) is 0. The van der Waals surface area contributed by atoms with Gasteiger partial charge in [0, 0.05) is 0 Å². The zero-order valence-corrected chi connectivity index (χ0v) is 13.7. The van der Waals surface area contributed by atoms with Crippen molar-refractivity contribution in [2.75, 3.05) is 0 Å². The standard InChI is InChI=1S/C20H19N2P/c1-4-10-16(11-5-1)19-21-22-20(17-12-6-2-7-13-17)23(19)18-14-8-3-9-15-18/h1-15,19-22H/t19-,20+,23+. The summed E-state index contributed by atoms with van der Waals surface area (Å²) in [5, 5.41) is 1.42. The van der Waals surface area contributed by atoms with Crippen LogP contribution >= 0.6 is 7.92 Å². The first-order chi connectivity index (χ1) is 11.4. The molecule has 114 valence electrons. The van der Waals surface area contributed by atoms with E-state index in [0.717, 1.165) is 0 Å². The lowest BCUT2D eigenvalue weighted by molar-refractivity contribution is 0.555. The van der Waals surface area contributed by atoms with Crippen molar-refractivity contribution in [3.05, 3.63) is 102 Å². The van der Waals surface area contributed by atoms with Crippen LogP contribution in [0.5, 0.6) is 0 Å². The van der Waals surface area contributed by atoms with E-state index in [1.807, 2.05) is 0 Å². The van der Waals surface area contributed by atoms with Crippen LogP contribution in [0.4, 0.5) is 0 Å². The lowest BCUT2D eigenvalue weighted by atomic mass is 10.2. The van der Waals surface area contributed by atoms with Crippen molar-refractivity contribution in [1.82, 2.24) is 10.9 Å². The first kappa shape index (κ1) is 14.6. The van der Waals surface area contributed by atoms with Gasteiger partial charge in [0.2, 0.25) is 0 Å². The molecule has 23 heavy (non-hydrogen) atoms. The average Bonchev–Trinajstić information content (AvgIpc) is 3.09. The largest absolute Gasteiger partial charge is 0.245 e. The van der Waals surface area contributed by atoms with Gasteiger partial charge < -0.3 is 0 Å². The molecular weight excluding hydrogens is 299 g/mol. The van der Waals surface area contributed by atoms with Crippen LogP contribution in [0, 0.1) is 0 Å². The van der Waals surface area contributed by atoms with Gasteiger partial charge in [0.1, 0.15) is 0 Å². The number of rotatable bonds is 3. The minimum Gasteiger partial charge on any atom is -0.245 e. The van der Waals surface area contributed by atoms with E-state index in [9.17, 15) is 0 Å². The van der Waals surface area contributed by atoms with Gasteiger partial charge in [-0.3, -0.25) is 0 Å². The van der Waals surface area contributed by atoms with E-state index >= 15 is 0 Å². The topological polar surface area (TPSA) is 24.1 Å². The molecule has 2 N–H and O–H groups in total. The molecule has 0 aliphatic carbocycles. The fourth-order valence-electron chi connectivity index (χ4n) is 3.10. The molecule has 0 amide bonds. The summed E-state index contributed by atoms with van der Waals surface area (Å²) in [4.78, 5) is 0. The molecular formula is C20H19N2P. The Balaban J connectivity index is 1.77. The SMILES string of the molecule is c1ccc([C@H]2NN[C@@H](c3ccccc3)[P@]2c2ccccc2)cc1. The predicted molar refractivity (Wildman–Crippen MR) is 97.6 cm³/mol. The van der Waals surface area contributed by atoms with E-state index < -0.39 is 7.92 Å². The highest BCUT2D eigenvalue weighted by Gasteiger charge is 2.37. The van der Waals surface area contributed by atoms with E-state index in [4.69, 9.17) is 0 Å². The van der Waals surface area contributed by atoms with Gasteiger partial charge in [0.25, 0.3) is 0 Å². The quantitative estimate of drug-likeness (QED) is 0.704. The van der Waals surface area contributed by atoms with Gasteiger partial charge >= 0.3 is 0 Å². The molecule has 0 aromatic heterocycles. The molecule has 3 aromatic carbocycles. The van der Waals surface area contributed by atoms with Gasteiger partial charge in [-0.2, -0.15) is 0 Å². The van der Waals surface area contributed by atoms with Gasteiger partial charge in [0.05, 0.1) is 11.6 Å². The zero-order chi connectivity index (χ0) is 15.5. The van der Waals surface area contributed by atoms with E-state index in [1.165, 1.54) is 16.4 Å². The molecule has 1 fully saturated rings. The lowest BCUT2D eigenvalue weighted by Gasteiger charge is -2.24. The smallest absolute Gasteiger partial charge is 0.0717 e. The van der Waals surface area contributed by atoms with E-state index in [-0.39, 0.29) is 0 Å². The lowest BCUT2D eigenvalue weighted by Crippen LogP contribution is -2.26. The summed E-state index contributed by atoms with van der Waals surface area (Å²) in [6.45, 7) is 0. The van der Waals surface area contributed by atoms with Crippen LogP contribution in [0.1, 0.15) is 22.7 Å². The number of benzene rings is 3. The summed E-state index contributed by atoms with van der Waals surface area (Å²) in [6, 6.07) is 32.3. The maximum absolute atomic E-state index is 3.55. The summed E-state index contributed by atoms with van der Waals surface area (Å²) < 4.78 is 0. The minimum absolute atomic E-state index is 0.318. The van der Waals surface area contributed by atoms with Crippen molar-refractivity contribution in [3.63, 3.8) is 0 Å². The van der Waals surface area contributed by atoms with Crippen molar-refractivity contribution >= 4 is 13.2 Å². The third-order valence-electron chi connectivity index (χ3n) is 4.20. The number of nitrogens with one attached hydrogen (secondary N) is 2. The third kappa shape index (κ3) is 2.94. The Kier molecular flexibility index (Phi) is 4.21. The minimum atomic E-state index is -0.442. The second-order valence-electron chi connectivity index (χ2n) is 5.66. The highest BCUT2D eigenvalue weighted by atomic mass is 31.1. The second kappa shape index (κ2) is 6.64. The zero-order valence-electron chi connectivity index (χ0n) is 12.8. The molecule has 1 aliphatic heterocycles. The Hall–Kier alpha value is -1.99. The van der Waals surface area contributed by atoms with Crippen molar-refractivity contribution in [3.8, 4) is 0 Å². The van der Waals surface area contributed by atoms with E-state index in [2.05, 4.69) is 102 Å². The molecule has 0 unspecified atom stereocenters. The van der Waals surface area contributed by atoms with Crippen LogP contribution in [0.25, 0.3) is 0 Å². The Bertz CT molecular complexity index is 699. The van der Waals surface area contributed by atoms with Crippen LogP contribution in [0.2, 0.25) is 0 Å². The summed E-state index contributed by atoms with van der Waals surface area (Å²) >= 11 is 0. The monoisotopic (exact) mass is 318 g/mol. The highest BCUT2D eigenvalue weighted by Crippen LogP contribution is 2.61. The van der Waals surface area contributed by atoms with E-state index in [0.29, 0.717) is 11.6 Å². The Morgan fingerprint density at radius 1 is 0.522 bits per heavy atom. The molecule has 0 saturated carbocycles. The van der Waals surface area contributed by atoms with E-state index in [1.54, 1.807) is 0 Å². The molecule has 0 spiro atoms. The molecule has 1 saturated heterocycles. The van der Waals surface area contributed by atoms with Crippen LogP contribution in [-0.4, -0.2) is 0 Å². The van der Waals surface area contributed by atoms with Crippen LogP contribution < -0.4 is 16.2 Å². The predicted octanol–water partition coefficient (Wildman–Crippen LogP) is 4.30. The van der Waals surface area contributed by atoms with Crippen LogP contribution in [-0.2, 0) is 0 Å². The van der Waals surface area contributed by atoms with Gasteiger partial charge in [-0.1, -0.05) is 91.0 Å². The molecule has 3 heteroatoms. The van der Waals surface area contributed by atoms with Crippen LogP contribution in [0.15, 0.2) is 91.0 Å². The van der Waals surface area contributed by atoms with Crippen molar-refractivity contribution in [2.24, 2.45) is 0 Å². The molecule has 4 rings (SSSR count). The molecule has 3 aromatic rings. The maximum atomic E-state index is 3.55. The number of hydrogen-bond donors (Lipinski definition) is 2. The molecule has 1 heterocycles. The van der Waals surface area contributed by atoms with Gasteiger partial charge in [0.15, 0.2) is 0 Å². The van der Waals surface area contributed by atoms with Gasteiger partial charge in [-0.15, -0.1) is 0 Å². The average molecular weight is 318 g/mol.